The third-order valence-electron chi connectivity index (χ3n) is 5.19. The van der Waals surface area contributed by atoms with Gasteiger partial charge in [-0.1, -0.05) is 36.4 Å². The van der Waals surface area contributed by atoms with E-state index in [4.69, 9.17) is 0 Å². The van der Waals surface area contributed by atoms with E-state index in [0.29, 0.717) is 18.7 Å². The summed E-state index contributed by atoms with van der Waals surface area (Å²) < 4.78 is 29.8. The monoisotopic (exact) mass is 395 g/mol. The van der Waals surface area contributed by atoms with Crippen LogP contribution in [0.1, 0.15) is 39.9 Å². The first-order chi connectivity index (χ1) is 13.4. The first-order valence-electron chi connectivity index (χ1n) is 9.04. The number of sulfonamides is 1. The zero-order valence-electron chi connectivity index (χ0n) is 15.7. The molecule has 0 radical (unpaired) electrons. The molecule has 0 saturated heterocycles. The fraction of sp³-hybridized carbons (Fsp3) is 0.238. The Labute approximate surface area is 164 Å². The molecule has 7 heteroatoms. The van der Waals surface area contributed by atoms with Crippen molar-refractivity contribution in [2.75, 3.05) is 6.54 Å². The lowest BCUT2D eigenvalue weighted by Gasteiger charge is -2.33. The Kier molecular flexibility index (Phi) is 4.64. The molecule has 0 saturated carbocycles. The average molecular weight is 395 g/mol. The molecule has 28 heavy (non-hydrogen) atoms. The first kappa shape index (κ1) is 18.6. The minimum absolute atomic E-state index is 0.0788. The van der Waals surface area contributed by atoms with Crippen LogP contribution in [0.3, 0.4) is 0 Å². The van der Waals surface area contributed by atoms with Crippen molar-refractivity contribution in [1.29, 1.82) is 0 Å². The van der Waals surface area contributed by atoms with Crippen LogP contribution in [0.15, 0.2) is 65.8 Å². The van der Waals surface area contributed by atoms with Crippen molar-refractivity contribution in [3.05, 3.63) is 83.2 Å². The van der Waals surface area contributed by atoms with Crippen molar-refractivity contribution in [2.24, 2.45) is 7.05 Å². The van der Waals surface area contributed by atoms with E-state index in [2.05, 4.69) is 11.2 Å². The molecule has 0 bridgehead atoms. The minimum Gasteiger partial charge on any atom is -0.295 e. The van der Waals surface area contributed by atoms with Crippen molar-refractivity contribution in [1.82, 2.24) is 14.1 Å². The van der Waals surface area contributed by atoms with Crippen LogP contribution >= 0.6 is 0 Å². The van der Waals surface area contributed by atoms with E-state index in [-0.39, 0.29) is 16.6 Å². The minimum atomic E-state index is -3.69. The van der Waals surface area contributed by atoms with Gasteiger partial charge >= 0.3 is 0 Å². The van der Waals surface area contributed by atoms with Gasteiger partial charge in [-0.3, -0.25) is 9.48 Å². The number of carbonyl (C=O) groups excluding carboxylic acids is 1. The molecule has 2 heterocycles. The molecule has 1 aliphatic rings. The Bertz CT molecular complexity index is 1130. The number of rotatable bonds is 4. The molecule has 1 atom stereocenters. The lowest BCUT2D eigenvalue weighted by atomic mass is 9.87. The number of Topliss-reactive ketones (excluding diaryl/α,β-unsaturated/α-hetero) is 1. The van der Waals surface area contributed by atoms with Crippen molar-refractivity contribution in [3.8, 4) is 0 Å². The zero-order chi connectivity index (χ0) is 19.9. The van der Waals surface area contributed by atoms with Crippen LogP contribution in [0, 0.1) is 0 Å². The highest BCUT2D eigenvalue weighted by Gasteiger charge is 2.34. The number of ketones is 1. The number of nitrogens with zero attached hydrogens (tertiary/aromatic N) is 3. The Morgan fingerprint density at radius 1 is 1.11 bits per heavy atom. The molecule has 2 aromatic carbocycles. The molecule has 4 rings (SSSR count). The summed E-state index contributed by atoms with van der Waals surface area (Å²) in [5, 5.41) is 4.25. The fourth-order valence-corrected chi connectivity index (χ4v) is 5.11. The maximum Gasteiger partial charge on any atom is 0.243 e. The van der Waals surface area contributed by atoms with E-state index < -0.39 is 10.0 Å². The lowest BCUT2D eigenvalue weighted by molar-refractivity contribution is 0.101. The van der Waals surface area contributed by atoms with Gasteiger partial charge in [0.25, 0.3) is 0 Å². The highest BCUT2D eigenvalue weighted by molar-refractivity contribution is 7.89. The van der Waals surface area contributed by atoms with Gasteiger partial charge < -0.3 is 0 Å². The number of carbonyl (C=O) groups is 1. The molecule has 144 valence electrons. The molecule has 0 spiro atoms. The Morgan fingerprint density at radius 3 is 2.46 bits per heavy atom. The molecule has 0 aliphatic carbocycles. The largest absolute Gasteiger partial charge is 0.295 e. The molecule has 6 nitrogen and oxygen atoms in total. The summed E-state index contributed by atoms with van der Waals surface area (Å²) in [6.07, 6.45) is 3.72. The van der Waals surface area contributed by atoms with Gasteiger partial charge in [0.1, 0.15) is 0 Å². The highest BCUT2D eigenvalue weighted by Crippen LogP contribution is 2.35. The van der Waals surface area contributed by atoms with Gasteiger partial charge in [0.05, 0.1) is 11.1 Å². The molecular formula is C21H21N3O3S. The average Bonchev–Trinajstić information content (AvgIpc) is 3.13. The second-order valence-electron chi connectivity index (χ2n) is 7.08. The molecule has 1 aromatic heterocycles. The summed E-state index contributed by atoms with van der Waals surface area (Å²) in [7, 11) is -1.84. The van der Waals surface area contributed by atoms with Gasteiger partial charge in [0.2, 0.25) is 10.0 Å². The van der Waals surface area contributed by atoms with Gasteiger partial charge in [-0.05, 0) is 35.7 Å². The third-order valence-corrected chi connectivity index (χ3v) is 7.02. The van der Waals surface area contributed by atoms with Crippen LogP contribution in [-0.4, -0.2) is 34.8 Å². The van der Waals surface area contributed by atoms with Crippen LogP contribution in [0.2, 0.25) is 0 Å². The van der Waals surface area contributed by atoms with Crippen LogP contribution in [0.25, 0.3) is 0 Å². The van der Waals surface area contributed by atoms with Gasteiger partial charge in [0, 0.05) is 37.8 Å². The summed E-state index contributed by atoms with van der Waals surface area (Å²) in [5.74, 6) is -0.169. The van der Waals surface area contributed by atoms with E-state index in [9.17, 15) is 13.2 Å². The summed E-state index contributed by atoms with van der Waals surface area (Å²) in [6, 6.07) is 14.1. The number of hydrogen-bond donors (Lipinski definition) is 0. The first-order valence-corrected chi connectivity index (χ1v) is 10.5. The van der Waals surface area contributed by atoms with Gasteiger partial charge in [-0.15, -0.1) is 0 Å². The normalized spacial score (nSPS) is 17.3. The standard InChI is InChI=1S/C21H21N3O3S/c1-15(25)16-7-9-19(10-8-16)28(26,27)24-13-17-5-3-4-6-20(17)21(14-24)18-11-22-23(2)12-18/h3-12,21H,13-14H2,1-2H3. The molecule has 3 aromatic rings. The van der Waals surface area contributed by atoms with Gasteiger partial charge in [-0.2, -0.15) is 9.40 Å². The summed E-state index contributed by atoms with van der Waals surface area (Å²) in [5.41, 5.74) is 3.61. The maximum atomic E-state index is 13.3. The van der Waals surface area contributed by atoms with Crippen molar-refractivity contribution >= 4 is 15.8 Å². The summed E-state index contributed by atoms with van der Waals surface area (Å²) in [6.45, 7) is 2.13. The predicted molar refractivity (Wildman–Crippen MR) is 106 cm³/mol. The third kappa shape index (κ3) is 3.27. The van der Waals surface area contributed by atoms with E-state index >= 15 is 0 Å². The molecule has 1 unspecified atom stereocenters. The smallest absolute Gasteiger partial charge is 0.243 e. The quantitative estimate of drug-likeness (QED) is 0.637. The fourth-order valence-electron chi connectivity index (χ4n) is 3.67. The number of fused-ring (bicyclic) bond motifs is 1. The Morgan fingerprint density at radius 2 is 1.82 bits per heavy atom. The molecule has 0 N–H and O–H groups in total. The van der Waals surface area contributed by atoms with Gasteiger partial charge in [-0.25, -0.2) is 8.42 Å². The lowest BCUT2D eigenvalue weighted by Crippen LogP contribution is -2.38. The maximum absolute atomic E-state index is 13.3. The second-order valence-corrected chi connectivity index (χ2v) is 9.01. The number of benzene rings is 2. The molecule has 0 amide bonds. The predicted octanol–water partition coefficient (Wildman–Crippen LogP) is 2.96. The van der Waals surface area contributed by atoms with Gasteiger partial charge in [0.15, 0.2) is 5.78 Å². The van der Waals surface area contributed by atoms with Crippen LogP contribution in [0.5, 0.6) is 0 Å². The Hall–Kier alpha value is -2.77. The Balaban J connectivity index is 1.73. The van der Waals surface area contributed by atoms with Crippen LogP contribution in [-0.2, 0) is 23.6 Å². The van der Waals surface area contributed by atoms with Crippen LogP contribution < -0.4 is 0 Å². The van der Waals surface area contributed by atoms with E-state index in [1.54, 1.807) is 23.0 Å². The van der Waals surface area contributed by atoms with E-state index in [1.807, 2.05) is 31.4 Å². The summed E-state index contributed by atoms with van der Waals surface area (Å²) >= 11 is 0. The number of hydrogen-bond acceptors (Lipinski definition) is 4. The van der Waals surface area contributed by atoms with E-state index in [1.165, 1.54) is 23.4 Å². The van der Waals surface area contributed by atoms with E-state index in [0.717, 1.165) is 16.7 Å². The number of aromatic nitrogens is 2. The molecular weight excluding hydrogens is 374 g/mol. The topological polar surface area (TPSA) is 72.3 Å². The molecule has 1 aliphatic heterocycles. The second kappa shape index (κ2) is 7.00. The van der Waals surface area contributed by atoms with Crippen molar-refractivity contribution in [2.45, 2.75) is 24.3 Å². The van der Waals surface area contributed by atoms with Crippen LogP contribution in [0.4, 0.5) is 0 Å². The van der Waals surface area contributed by atoms with Crippen molar-refractivity contribution < 1.29 is 13.2 Å². The summed E-state index contributed by atoms with van der Waals surface area (Å²) in [4.78, 5) is 11.7. The zero-order valence-corrected chi connectivity index (χ0v) is 16.6. The highest BCUT2D eigenvalue weighted by atomic mass is 32.2. The number of aryl methyl sites for hydroxylation is 1. The molecule has 0 fully saturated rings. The SMILES string of the molecule is CC(=O)c1ccc(S(=O)(=O)N2Cc3ccccc3C(c3cnn(C)c3)C2)cc1. The van der Waals surface area contributed by atoms with Crippen molar-refractivity contribution in [3.63, 3.8) is 0 Å².